The third kappa shape index (κ3) is 2.65. The van der Waals surface area contributed by atoms with Gasteiger partial charge in [0.15, 0.2) is 0 Å². The van der Waals surface area contributed by atoms with Crippen molar-refractivity contribution in [2.45, 2.75) is 33.7 Å². The Hall–Kier alpha value is -1.65. The van der Waals surface area contributed by atoms with Gasteiger partial charge in [-0.2, -0.15) is 4.98 Å². The molecule has 0 radical (unpaired) electrons. The van der Waals surface area contributed by atoms with Crippen molar-refractivity contribution in [3.63, 3.8) is 0 Å². The summed E-state index contributed by atoms with van der Waals surface area (Å²) in [6.07, 6.45) is 1.70. The van der Waals surface area contributed by atoms with E-state index in [0.717, 1.165) is 5.56 Å². The molecule has 1 amide bonds. The second-order valence-corrected chi connectivity index (χ2v) is 3.74. The smallest absolute Gasteiger partial charge is 0.311 e. The van der Waals surface area contributed by atoms with Crippen molar-refractivity contribution in [3.05, 3.63) is 22.2 Å². The summed E-state index contributed by atoms with van der Waals surface area (Å²) >= 11 is 0. The van der Waals surface area contributed by atoms with Gasteiger partial charge in [-0.05, 0) is 20.8 Å². The van der Waals surface area contributed by atoms with Crippen molar-refractivity contribution in [1.29, 1.82) is 0 Å². The highest BCUT2D eigenvalue weighted by Gasteiger charge is 2.08. The Morgan fingerprint density at radius 2 is 2.13 bits per heavy atom. The monoisotopic (exact) mass is 209 g/mol. The topological polar surface area (TPSA) is 64.0 Å². The Kier molecular flexibility index (Phi) is 3.24. The van der Waals surface area contributed by atoms with E-state index in [2.05, 4.69) is 10.3 Å². The average molecular weight is 209 g/mol. The molecule has 5 heteroatoms. The van der Waals surface area contributed by atoms with Gasteiger partial charge in [-0.1, -0.05) is 0 Å². The highest BCUT2D eigenvalue weighted by molar-refractivity contribution is 5.88. The molecular weight excluding hydrogens is 194 g/mol. The zero-order valence-electron chi connectivity index (χ0n) is 9.37. The minimum absolute atomic E-state index is 0.0649. The van der Waals surface area contributed by atoms with E-state index in [-0.39, 0.29) is 17.6 Å². The summed E-state index contributed by atoms with van der Waals surface area (Å²) in [5.74, 6) is 0.108. The molecule has 1 heterocycles. The molecule has 5 nitrogen and oxygen atoms in total. The Labute approximate surface area is 88.1 Å². The lowest BCUT2D eigenvalue weighted by Gasteiger charge is -2.12. The van der Waals surface area contributed by atoms with E-state index in [4.69, 9.17) is 0 Å². The molecule has 0 saturated carbocycles. The van der Waals surface area contributed by atoms with E-state index in [1.54, 1.807) is 13.1 Å². The molecular formula is C10H15N3O2. The minimum atomic E-state index is -0.348. The average Bonchev–Trinajstić information content (AvgIpc) is 2.09. The predicted molar refractivity (Wildman–Crippen MR) is 57.9 cm³/mol. The number of nitrogens with zero attached hydrogens (tertiary/aromatic N) is 2. The SMILES string of the molecule is CC(=O)Nc1nc(=O)n(C(C)C)cc1C. The summed E-state index contributed by atoms with van der Waals surface area (Å²) in [5.41, 5.74) is 0.429. The van der Waals surface area contributed by atoms with Gasteiger partial charge in [0.2, 0.25) is 5.91 Å². The highest BCUT2D eigenvalue weighted by Crippen LogP contribution is 2.09. The molecule has 1 N–H and O–H groups in total. The van der Waals surface area contributed by atoms with Crippen LogP contribution in [-0.2, 0) is 4.79 Å². The molecule has 15 heavy (non-hydrogen) atoms. The third-order valence-electron chi connectivity index (χ3n) is 1.99. The van der Waals surface area contributed by atoms with Gasteiger partial charge in [0.05, 0.1) is 0 Å². The molecule has 82 valence electrons. The zero-order chi connectivity index (χ0) is 11.6. The van der Waals surface area contributed by atoms with E-state index in [0.29, 0.717) is 5.82 Å². The number of amides is 1. The van der Waals surface area contributed by atoms with Crippen LogP contribution in [0.3, 0.4) is 0 Å². The van der Waals surface area contributed by atoms with Crippen molar-refractivity contribution >= 4 is 11.7 Å². The van der Waals surface area contributed by atoms with E-state index in [1.165, 1.54) is 11.5 Å². The van der Waals surface area contributed by atoms with Crippen molar-refractivity contribution < 1.29 is 4.79 Å². The summed E-state index contributed by atoms with van der Waals surface area (Å²) in [7, 11) is 0. The quantitative estimate of drug-likeness (QED) is 0.793. The molecule has 1 aromatic heterocycles. The van der Waals surface area contributed by atoms with Crippen LogP contribution in [0.25, 0.3) is 0 Å². The molecule has 0 aliphatic rings. The molecule has 0 spiro atoms. The van der Waals surface area contributed by atoms with E-state index >= 15 is 0 Å². The number of rotatable bonds is 2. The fraction of sp³-hybridized carbons (Fsp3) is 0.500. The Balaban J connectivity index is 3.20. The standard InChI is InChI=1S/C10H15N3O2/c1-6(2)13-5-7(3)9(11-8(4)14)12-10(13)15/h5-6H,1-4H3,(H,11,12,14,15). The van der Waals surface area contributed by atoms with Crippen LogP contribution in [0.2, 0.25) is 0 Å². The van der Waals surface area contributed by atoms with E-state index < -0.39 is 0 Å². The molecule has 0 atom stereocenters. The van der Waals surface area contributed by atoms with Crippen LogP contribution in [0.5, 0.6) is 0 Å². The lowest BCUT2D eigenvalue weighted by molar-refractivity contribution is -0.114. The van der Waals surface area contributed by atoms with Gasteiger partial charge in [-0.15, -0.1) is 0 Å². The molecule has 1 aromatic rings. The van der Waals surface area contributed by atoms with Gasteiger partial charge in [0.1, 0.15) is 5.82 Å². The predicted octanol–water partition coefficient (Wildman–Crippen LogP) is 1.09. The van der Waals surface area contributed by atoms with Gasteiger partial charge < -0.3 is 5.32 Å². The number of anilines is 1. The maximum Gasteiger partial charge on any atom is 0.349 e. The normalized spacial score (nSPS) is 10.5. The molecule has 0 aliphatic heterocycles. The summed E-state index contributed by atoms with van der Waals surface area (Å²) in [6.45, 7) is 6.99. The van der Waals surface area contributed by atoms with Gasteiger partial charge in [0, 0.05) is 24.7 Å². The van der Waals surface area contributed by atoms with Crippen LogP contribution in [-0.4, -0.2) is 15.5 Å². The summed E-state index contributed by atoms with van der Waals surface area (Å²) in [5, 5.41) is 2.52. The molecule has 0 aliphatic carbocycles. The van der Waals surface area contributed by atoms with Gasteiger partial charge in [-0.3, -0.25) is 9.36 Å². The fourth-order valence-corrected chi connectivity index (χ4v) is 1.23. The fourth-order valence-electron chi connectivity index (χ4n) is 1.23. The van der Waals surface area contributed by atoms with Gasteiger partial charge in [0.25, 0.3) is 0 Å². The summed E-state index contributed by atoms with van der Waals surface area (Å²) in [6, 6.07) is 0.0649. The Morgan fingerprint density at radius 3 is 2.60 bits per heavy atom. The molecule has 0 unspecified atom stereocenters. The number of carbonyl (C=O) groups is 1. The third-order valence-corrected chi connectivity index (χ3v) is 1.99. The lowest BCUT2D eigenvalue weighted by Crippen LogP contribution is -2.26. The van der Waals surface area contributed by atoms with Gasteiger partial charge >= 0.3 is 5.69 Å². The summed E-state index contributed by atoms with van der Waals surface area (Å²) < 4.78 is 1.53. The minimum Gasteiger partial charge on any atom is -0.311 e. The number of hydrogen-bond donors (Lipinski definition) is 1. The first-order chi connectivity index (χ1) is 6.91. The van der Waals surface area contributed by atoms with Crippen LogP contribution in [0.4, 0.5) is 5.82 Å². The van der Waals surface area contributed by atoms with Crippen molar-refractivity contribution in [2.75, 3.05) is 5.32 Å². The van der Waals surface area contributed by atoms with Crippen molar-refractivity contribution in [3.8, 4) is 0 Å². The van der Waals surface area contributed by atoms with Crippen LogP contribution >= 0.6 is 0 Å². The van der Waals surface area contributed by atoms with Crippen LogP contribution in [0.1, 0.15) is 32.4 Å². The molecule has 0 saturated heterocycles. The van der Waals surface area contributed by atoms with Gasteiger partial charge in [-0.25, -0.2) is 4.79 Å². The number of aromatic nitrogens is 2. The Morgan fingerprint density at radius 1 is 1.53 bits per heavy atom. The number of aryl methyl sites for hydroxylation is 1. The second kappa shape index (κ2) is 4.25. The second-order valence-electron chi connectivity index (χ2n) is 3.74. The summed E-state index contributed by atoms with van der Waals surface area (Å²) in [4.78, 5) is 26.2. The Bertz CT molecular complexity index is 435. The molecule has 0 aromatic carbocycles. The maximum absolute atomic E-state index is 11.5. The number of hydrogen-bond acceptors (Lipinski definition) is 3. The maximum atomic E-state index is 11.5. The van der Waals surface area contributed by atoms with Crippen LogP contribution in [0.15, 0.2) is 11.0 Å². The van der Waals surface area contributed by atoms with Crippen LogP contribution in [0, 0.1) is 6.92 Å². The first kappa shape index (κ1) is 11.4. The highest BCUT2D eigenvalue weighted by atomic mass is 16.2. The van der Waals surface area contributed by atoms with Crippen molar-refractivity contribution in [1.82, 2.24) is 9.55 Å². The van der Waals surface area contributed by atoms with E-state index in [1.807, 2.05) is 13.8 Å². The number of nitrogens with one attached hydrogen (secondary N) is 1. The van der Waals surface area contributed by atoms with Crippen molar-refractivity contribution in [2.24, 2.45) is 0 Å². The zero-order valence-corrected chi connectivity index (χ0v) is 9.37. The number of carbonyl (C=O) groups excluding carboxylic acids is 1. The molecule has 0 fully saturated rings. The first-order valence-corrected chi connectivity index (χ1v) is 4.79. The first-order valence-electron chi connectivity index (χ1n) is 4.79. The lowest BCUT2D eigenvalue weighted by atomic mass is 10.3. The molecule has 0 bridgehead atoms. The van der Waals surface area contributed by atoms with E-state index in [9.17, 15) is 9.59 Å². The van der Waals surface area contributed by atoms with Crippen LogP contribution < -0.4 is 11.0 Å². The largest absolute Gasteiger partial charge is 0.349 e. The molecule has 1 rings (SSSR count).